The molecule has 0 N–H and O–H groups in total. The molecule has 50 valence electrons. The van der Waals surface area contributed by atoms with E-state index in [1.165, 1.54) is 0 Å². The zero-order valence-corrected chi connectivity index (χ0v) is 6.39. The van der Waals surface area contributed by atoms with E-state index in [1.54, 1.807) is 14.2 Å². The van der Waals surface area contributed by atoms with Crippen molar-refractivity contribution in [3.05, 3.63) is 17.7 Å². The first-order chi connectivity index (χ1) is 4.36. The first kappa shape index (κ1) is 6.66. The van der Waals surface area contributed by atoms with Gasteiger partial charge in [0.25, 0.3) is 0 Å². The lowest BCUT2D eigenvalue weighted by Crippen LogP contribution is -1.75. The standard InChI is InChI=1S/C6H9O2P/c1-7-6-3-4-9(5-6)8-2/h3-5H,1-2H3. The van der Waals surface area contributed by atoms with Gasteiger partial charge in [-0.25, -0.2) is 0 Å². The minimum Gasteiger partial charge on any atom is -0.496 e. The Morgan fingerprint density at radius 1 is 1.44 bits per heavy atom. The van der Waals surface area contributed by atoms with Crippen LogP contribution in [0.2, 0.25) is 0 Å². The molecule has 0 aliphatic rings. The molecule has 1 heterocycles. The Kier molecular flexibility index (Phi) is 2.15. The van der Waals surface area contributed by atoms with Crippen molar-refractivity contribution in [2.24, 2.45) is 0 Å². The lowest BCUT2D eigenvalue weighted by molar-refractivity contribution is 0.416. The monoisotopic (exact) mass is 144 g/mol. The Labute approximate surface area is 55.5 Å². The summed E-state index contributed by atoms with van der Waals surface area (Å²) in [4.78, 5) is 0. The third kappa shape index (κ3) is 1.47. The summed E-state index contributed by atoms with van der Waals surface area (Å²) in [7, 11) is 2.90. The van der Waals surface area contributed by atoms with Gasteiger partial charge in [-0.05, 0) is 11.9 Å². The molecule has 0 saturated carbocycles. The largest absolute Gasteiger partial charge is 0.496 e. The van der Waals surface area contributed by atoms with Crippen molar-refractivity contribution in [2.45, 2.75) is 0 Å². The van der Waals surface area contributed by atoms with Crippen LogP contribution in [0.4, 0.5) is 0 Å². The van der Waals surface area contributed by atoms with Crippen LogP contribution in [0, 0.1) is 0 Å². The fourth-order valence-corrected chi connectivity index (χ4v) is 1.64. The van der Waals surface area contributed by atoms with Crippen LogP contribution in [0.15, 0.2) is 17.7 Å². The fourth-order valence-electron chi connectivity index (χ4n) is 0.593. The van der Waals surface area contributed by atoms with Crippen molar-refractivity contribution < 1.29 is 9.26 Å². The van der Waals surface area contributed by atoms with Crippen LogP contribution in [0.1, 0.15) is 0 Å². The van der Waals surface area contributed by atoms with Crippen LogP contribution in [0.5, 0.6) is 5.75 Å². The van der Waals surface area contributed by atoms with Crippen LogP contribution in [0.3, 0.4) is 0 Å². The molecule has 0 radical (unpaired) electrons. The molecule has 0 aromatic carbocycles. The van der Waals surface area contributed by atoms with Gasteiger partial charge in [-0.1, -0.05) is 0 Å². The maximum absolute atomic E-state index is 5.06. The Hall–Kier alpha value is -0.460. The number of methoxy groups -OCH3 is 1. The minimum absolute atomic E-state index is 0.456. The summed E-state index contributed by atoms with van der Waals surface area (Å²) < 4.78 is 10.0. The van der Waals surface area contributed by atoms with Gasteiger partial charge in [0.2, 0.25) is 0 Å². The quantitative estimate of drug-likeness (QED) is 0.629. The van der Waals surface area contributed by atoms with Crippen molar-refractivity contribution in [1.82, 2.24) is 0 Å². The van der Waals surface area contributed by atoms with Gasteiger partial charge in [0.05, 0.1) is 7.11 Å². The summed E-state index contributed by atoms with van der Waals surface area (Å²) in [6.07, 6.45) is 0. The number of ether oxygens (including phenoxy) is 1. The zero-order chi connectivity index (χ0) is 6.69. The Bertz CT molecular complexity index is 164. The molecule has 9 heavy (non-hydrogen) atoms. The summed E-state index contributed by atoms with van der Waals surface area (Å²) in [5.41, 5.74) is 0. The van der Waals surface area contributed by atoms with E-state index in [1.807, 2.05) is 17.7 Å². The molecule has 0 aliphatic carbocycles. The highest BCUT2D eigenvalue weighted by molar-refractivity contribution is 7.43. The highest BCUT2D eigenvalue weighted by atomic mass is 31.1. The van der Waals surface area contributed by atoms with Crippen LogP contribution >= 0.6 is 7.76 Å². The minimum atomic E-state index is -0.456. The number of hydrogen-bond acceptors (Lipinski definition) is 2. The van der Waals surface area contributed by atoms with E-state index in [9.17, 15) is 0 Å². The predicted octanol–water partition coefficient (Wildman–Crippen LogP) is 1.74. The summed E-state index contributed by atoms with van der Waals surface area (Å²) >= 11 is 0. The van der Waals surface area contributed by atoms with E-state index in [4.69, 9.17) is 9.26 Å². The van der Waals surface area contributed by atoms with Gasteiger partial charge in [-0.15, -0.1) is 0 Å². The van der Waals surface area contributed by atoms with Crippen LogP contribution in [-0.2, 0) is 0 Å². The van der Waals surface area contributed by atoms with Crippen molar-refractivity contribution in [1.29, 1.82) is 0 Å². The molecular weight excluding hydrogens is 135 g/mol. The van der Waals surface area contributed by atoms with Crippen molar-refractivity contribution in [2.75, 3.05) is 14.2 Å². The normalized spacial score (nSPS) is 11.6. The first-order valence-corrected chi connectivity index (χ1v) is 4.03. The van der Waals surface area contributed by atoms with Gasteiger partial charge in [0.15, 0.2) is 0 Å². The number of hydrogen-bond donors (Lipinski definition) is 0. The van der Waals surface area contributed by atoms with E-state index in [2.05, 4.69) is 0 Å². The average molecular weight is 144 g/mol. The Morgan fingerprint density at radius 3 is 2.56 bits per heavy atom. The SMILES string of the molecule is COc1ccp(OC)c1. The van der Waals surface area contributed by atoms with Gasteiger partial charge in [-0.2, -0.15) is 0 Å². The second-order valence-corrected chi connectivity index (χ2v) is 3.24. The summed E-state index contributed by atoms with van der Waals surface area (Å²) in [6, 6.07) is 1.93. The molecule has 1 rings (SSSR count). The first-order valence-electron chi connectivity index (χ1n) is 2.63. The molecule has 1 atom stereocenters. The molecular formula is C6H9O2P. The third-order valence-electron chi connectivity index (χ3n) is 1.09. The van der Waals surface area contributed by atoms with E-state index >= 15 is 0 Å². The smallest absolute Gasteiger partial charge is 0.125 e. The molecule has 0 amide bonds. The molecule has 1 aromatic heterocycles. The third-order valence-corrected chi connectivity index (χ3v) is 2.46. The lowest BCUT2D eigenvalue weighted by Gasteiger charge is -1.90. The van der Waals surface area contributed by atoms with Crippen LogP contribution in [0.25, 0.3) is 0 Å². The highest BCUT2D eigenvalue weighted by Crippen LogP contribution is 2.30. The Morgan fingerprint density at radius 2 is 2.22 bits per heavy atom. The van der Waals surface area contributed by atoms with Crippen LogP contribution < -0.4 is 9.26 Å². The van der Waals surface area contributed by atoms with Gasteiger partial charge >= 0.3 is 0 Å². The van der Waals surface area contributed by atoms with Crippen molar-refractivity contribution in [3.8, 4) is 5.75 Å². The maximum Gasteiger partial charge on any atom is 0.125 e. The second kappa shape index (κ2) is 2.90. The van der Waals surface area contributed by atoms with Gasteiger partial charge in [0.1, 0.15) is 5.75 Å². The molecule has 0 spiro atoms. The zero-order valence-electron chi connectivity index (χ0n) is 5.50. The average Bonchev–Trinajstić information content (AvgIpc) is 2.34. The van der Waals surface area contributed by atoms with E-state index in [-0.39, 0.29) is 0 Å². The molecule has 0 bridgehead atoms. The predicted molar refractivity (Wildman–Crippen MR) is 38.2 cm³/mol. The highest BCUT2D eigenvalue weighted by Gasteiger charge is 1.93. The van der Waals surface area contributed by atoms with Gasteiger partial charge < -0.3 is 9.26 Å². The molecule has 1 aromatic rings. The van der Waals surface area contributed by atoms with E-state index in [0.717, 1.165) is 5.75 Å². The topological polar surface area (TPSA) is 18.5 Å². The van der Waals surface area contributed by atoms with Gasteiger partial charge in [0, 0.05) is 20.7 Å². The molecule has 2 nitrogen and oxygen atoms in total. The second-order valence-electron chi connectivity index (χ2n) is 1.59. The summed E-state index contributed by atoms with van der Waals surface area (Å²) in [5.74, 6) is 4.90. The van der Waals surface area contributed by atoms with Crippen molar-refractivity contribution >= 4 is 7.76 Å². The van der Waals surface area contributed by atoms with Crippen LogP contribution in [-0.4, -0.2) is 14.2 Å². The molecule has 0 saturated heterocycles. The van der Waals surface area contributed by atoms with E-state index in [0.29, 0.717) is 0 Å². The van der Waals surface area contributed by atoms with Gasteiger partial charge in [-0.3, -0.25) is 0 Å². The Balaban J connectivity index is 2.74. The maximum atomic E-state index is 5.06. The molecule has 3 heteroatoms. The number of rotatable bonds is 2. The molecule has 0 fully saturated rings. The molecule has 1 unspecified atom stereocenters. The molecule has 0 aliphatic heterocycles. The van der Waals surface area contributed by atoms with E-state index < -0.39 is 7.76 Å². The summed E-state index contributed by atoms with van der Waals surface area (Å²) in [6.45, 7) is 0. The van der Waals surface area contributed by atoms with Crippen molar-refractivity contribution in [3.63, 3.8) is 0 Å². The fraction of sp³-hybridized carbons (Fsp3) is 0.333. The lowest BCUT2D eigenvalue weighted by atomic mass is 10.6. The summed E-state index contributed by atoms with van der Waals surface area (Å²) in [5, 5.41) is 0.